The van der Waals surface area contributed by atoms with Gasteiger partial charge < -0.3 is 10.1 Å². The minimum Gasteiger partial charge on any atom is -0.379 e. The van der Waals surface area contributed by atoms with Crippen LogP contribution in [0.2, 0.25) is 0 Å². The van der Waals surface area contributed by atoms with E-state index >= 15 is 0 Å². The molecule has 0 amide bonds. The summed E-state index contributed by atoms with van der Waals surface area (Å²) in [5, 5.41) is 6.85. The molecule has 1 aromatic rings. The van der Waals surface area contributed by atoms with Gasteiger partial charge in [-0.05, 0) is 26.3 Å². The number of nitrogens with one attached hydrogen (secondary N) is 1. The van der Waals surface area contributed by atoms with E-state index in [0.29, 0.717) is 0 Å². The van der Waals surface area contributed by atoms with Crippen molar-refractivity contribution < 1.29 is 4.74 Å². The van der Waals surface area contributed by atoms with Crippen molar-refractivity contribution in [2.24, 2.45) is 0 Å². The summed E-state index contributed by atoms with van der Waals surface area (Å²) >= 11 is 1.74. The number of aromatic nitrogens is 1. The predicted octanol–water partition coefficient (Wildman–Crippen LogP) is 2.07. The number of aryl methyl sites for hydroxylation is 1. The standard InChI is InChI=1S/C11H18N2OS/c1-3-12-11(5-4-6-14-8-11)10-13-9(2)7-15-10/h7,12H,3-6,8H2,1-2H3. The summed E-state index contributed by atoms with van der Waals surface area (Å²) in [4.78, 5) is 4.60. The molecule has 84 valence electrons. The van der Waals surface area contributed by atoms with Gasteiger partial charge >= 0.3 is 0 Å². The summed E-state index contributed by atoms with van der Waals surface area (Å²) in [7, 11) is 0. The highest BCUT2D eigenvalue weighted by Gasteiger charge is 2.36. The van der Waals surface area contributed by atoms with Crippen LogP contribution in [0.15, 0.2) is 5.38 Å². The maximum absolute atomic E-state index is 5.61. The Hall–Kier alpha value is -0.450. The van der Waals surface area contributed by atoms with E-state index in [4.69, 9.17) is 4.74 Å². The van der Waals surface area contributed by atoms with Gasteiger partial charge in [0.15, 0.2) is 0 Å². The van der Waals surface area contributed by atoms with Gasteiger partial charge in [-0.25, -0.2) is 4.98 Å². The third-order valence-electron chi connectivity index (χ3n) is 2.78. The quantitative estimate of drug-likeness (QED) is 0.856. The Morgan fingerprint density at radius 1 is 1.67 bits per heavy atom. The number of ether oxygens (including phenoxy) is 1. The highest BCUT2D eigenvalue weighted by atomic mass is 32.1. The summed E-state index contributed by atoms with van der Waals surface area (Å²) < 4.78 is 5.61. The fraction of sp³-hybridized carbons (Fsp3) is 0.727. The molecule has 15 heavy (non-hydrogen) atoms. The van der Waals surface area contributed by atoms with Crippen molar-refractivity contribution in [2.45, 2.75) is 32.2 Å². The van der Waals surface area contributed by atoms with E-state index in [1.54, 1.807) is 11.3 Å². The van der Waals surface area contributed by atoms with Crippen LogP contribution in [-0.4, -0.2) is 24.7 Å². The smallest absolute Gasteiger partial charge is 0.115 e. The van der Waals surface area contributed by atoms with E-state index in [2.05, 4.69) is 22.6 Å². The maximum Gasteiger partial charge on any atom is 0.115 e. The van der Waals surface area contributed by atoms with Crippen molar-refractivity contribution in [3.8, 4) is 0 Å². The third kappa shape index (κ3) is 2.22. The third-order valence-corrected chi connectivity index (χ3v) is 3.95. The van der Waals surface area contributed by atoms with Crippen LogP contribution < -0.4 is 5.32 Å². The number of rotatable bonds is 3. The molecule has 0 aliphatic carbocycles. The Bertz CT molecular complexity index is 313. The van der Waals surface area contributed by atoms with Crippen LogP contribution >= 0.6 is 11.3 Å². The van der Waals surface area contributed by atoms with Crippen LogP contribution in [0.1, 0.15) is 30.5 Å². The molecule has 4 heteroatoms. The molecule has 0 saturated carbocycles. The van der Waals surface area contributed by atoms with Gasteiger partial charge in [0, 0.05) is 17.7 Å². The van der Waals surface area contributed by atoms with Gasteiger partial charge in [0.05, 0.1) is 12.1 Å². The lowest BCUT2D eigenvalue weighted by molar-refractivity contribution is 0.0188. The first-order chi connectivity index (χ1) is 7.27. The van der Waals surface area contributed by atoms with Crippen molar-refractivity contribution in [2.75, 3.05) is 19.8 Å². The van der Waals surface area contributed by atoms with Gasteiger partial charge in [0.25, 0.3) is 0 Å². The normalized spacial score (nSPS) is 26.8. The van der Waals surface area contributed by atoms with Crippen LogP contribution in [-0.2, 0) is 10.3 Å². The van der Waals surface area contributed by atoms with Crippen molar-refractivity contribution in [1.82, 2.24) is 10.3 Å². The Morgan fingerprint density at radius 3 is 3.07 bits per heavy atom. The van der Waals surface area contributed by atoms with Crippen LogP contribution in [0.4, 0.5) is 0 Å². The first kappa shape index (κ1) is 11.0. The summed E-state index contributed by atoms with van der Waals surface area (Å²) in [6, 6.07) is 0. The molecule has 0 radical (unpaired) electrons. The maximum atomic E-state index is 5.61. The molecule has 0 aromatic carbocycles. The van der Waals surface area contributed by atoms with Crippen LogP contribution in [0.3, 0.4) is 0 Å². The average molecular weight is 226 g/mol. The highest BCUT2D eigenvalue weighted by Crippen LogP contribution is 2.32. The number of thiazole rings is 1. The number of hydrogen-bond acceptors (Lipinski definition) is 4. The highest BCUT2D eigenvalue weighted by molar-refractivity contribution is 7.09. The first-order valence-electron chi connectivity index (χ1n) is 5.52. The molecule has 1 fully saturated rings. The largest absolute Gasteiger partial charge is 0.379 e. The van der Waals surface area contributed by atoms with Crippen LogP contribution in [0, 0.1) is 6.92 Å². The minimum atomic E-state index is -0.0219. The molecule has 0 bridgehead atoms. The molecule has 1 aliphatic heterocycles. The molecule has 2 rings (SSSR count). The first-order valence-corrected chi connectivity index (χ1v) is 6.40. The summed E-state index contributed by atoms with van der Waals surface area (Å²) in [5.74, 6) is 0. The van der Waals surface area contributed by atoms with E-state index in [1.807, 2.05) is 6.92 Å². The molecule has 1 aliphatic rings. The lowest BCUT2D eigenvalue weighted by Crippen LogP contribution is -2.48. The second kappa shape index (κ2) is 4.60. The zero-order chi connectivity index (χ0) is 10.7. The van der Waals surface area contributed by atoms with Gasteiger partial charge in [0.1, 0.15) is 5.01 Å². The monoisotopic (exact) mass is 226 g/mol. The van der Waals surface area contributed by atoms with Gasteiger partial charge in [-0.1, -0.05) is 6.92 Å². The molecule has 1 atom stereocenters. The molecule has 3 nitrogen and oxygen atoms in total. The zero-order valence-corrected chi connectivity index (χ0v) is 10.2. The number of likely N-dealkylation sites (N-methyl/N-ethyl adjacent to an activating group) is 1. The molecular weight excluding hydrogens is 208 g/mol. The lowest BCUT2D eigenvalue weighted by Gasteiger charge is -2.36. The Labute approximate surface area is 94.9 Å². The van der Waals surface area contributed by atoms with E-state index in [0.717, 1.165) is 38.3 Å². The lowest BCUT2D eigenvalue weighted by atomic mass is 9.93. The number of nitrogens with zero attached hydrogens (tertiary/aromatic N) is 1. The summed E-state index contributed by atoms with van der Waals surface area (Å²) in [5.41, 5.74) is 1.09. The predicted molar refractivity (Wildman–Crippen MR) is 62.3 cm³/mol. The van der Waals surface area contributed by atoms with Crippen molar-refractivity contribution in [3.63, 3.8) is 0 Å². The molecule has 1 N–H and O–H groups in total. The van der Waals surface area contributed by atoms with Gasteiger partial charge in [-0.15, -0.1) is 11.3 Å². The summed E-state index contributed by atoms with van der Waals surface area (Å²) in [6.07, 6.45) is 2.25. The van der Waals surface area contributed by atoms with Crippen molar-refractivity contribution >= 4 is 11.3 Å². The molecule has 1 aromatic heterocycles. The van der Waals surface area contributed by atoms with Gasteiger partial charge in [0.2, 0.25) is 0 Å². The molecular formula is C11H18N2OS. The minimum absolute atomic E-state index is 0.0219. The second-order valence-electron chi connectivity index (χ2n) is 4.06. The van der Waals surface area contributed by atoms with Gasteiger partial charge in [-0.3, -0.25) is 0 Å². The molecule has 1 unspecified atom stereocenters. The topological polar surface area (TPSA) is 34.2 Å². The van der Waals surface area contributed by atoms with Crippen molar-refractivity contribution in [1.29, 1.82) is 0 Å². The Kier molecular flexibility index (Phi) is 3.38. The Morgan fingerprint density at radius 2 is 2.53 bits per heavy atom. The van der Waals surface area contributed by atoms with E-state index < -0.39 is 0 Å². The SMILES string of the molecule is CCNC1(c2nc(C)cs2)CCCOC1. The molecule has 0 spiro atoms. The molecule has 1 saturated heterocycles. The molecule has 2 heterocycles. The van der Waals surface area contributed by atoms with E-state index in [1.165, 1.54) is 5.01 Å². The van der Waals surface area contributed by atoms with E-state index in [-0.39, 0.29) is 5.54 Å². The Balaban J connectivity index is 2.24. The second-order valence-corrected chi connectivity index (χ2v) is 4.92. The zero-order valence-electron chi connectivity index (χ0n) is 9.38. The fourth-order valence-electron chi connectivity index (χ4n) is 2.09. The number of hydrogen-bond donors (Lipinski definition) is 1. The van der Waals surface area contributed by atoms with Crippen molar-refractivity contribution in [3.05, 3.63) is 16.1 Å². The van der Waals surface area contributed by atoms with E-state index in [9.17, 15) is 0 Å². The average Bonchev–Trinajstić information content (AvgIpc) is 2.67. The fourth-order valence-corrected chi connectivity index (χ4v) is 3.08. The van der Waals surface area contributed by atoms with Gasteiger partial charge in [-0.2, -0.15) is 0 Å². The van der Waals surface area contributed by atoms with Crippen LogP contribution in [0.5, 0.6) is 0 Å². The van der Waals surface area contributed by atoms with Crippen LogP contribution in [0.25, 0.3) is 0 Å². The summed E-state index contributed by atoms with van der Waals surface area (Å²) in [6.45, 7) is 6.79.